The van der Waals surface area contributed by atoms with Gasteiger partial charge < -0.3 is 20.4 Å². The lowest BCUT2D eigenvalue weighted by Gasteiger charge is -2.59. The molecule has 8 aromatic rings. The van der Waals surface area contributed by atoms with Crippen molar-refractivity contribution in [2.45, 2.75) is 168 Å². The standard InChI is InChI=1S/C18H22ClN3O3S.C16H20ClN3O3S.C15H17ClF2N2O.C14H14Cl2N2O/c19-13-7-12-9-20-21-16(12)15(8-13)18(23)10-17(11-18)3-5-22(6-4-17)26(24,25)14-1-2-14;1-24(22,23)20-4-2-15(3-5-20)9-16(21,10-15)13-7-12(17)6-11-8-18-19-14(11)13;1-14(17)2-4-15(18,5-3-14)13(21)11-7-10(16)6-9-8-19-20-12(9)11;15-9-4-8-5-17-18-12(8)10(11(9)16)14(19)6-13(7-14)2-1-3-13/h7-9,14,23H,1-6,10-11H2,(H,20,21);6-8,21H,2-5,9-10H2,1H3,(H,18,19);6-8,13,21H,2-5H2,1H3,(H,19,20);4-5,19H,1-3,6-7H2,(H,17,18). The minimum Gasteiger partial charge on any atom is -0.385 e. The average molecular weight is 1380 g/mol. The lowest BCUT2D eigenvalue weighted by molar-refractivity contribution is -0.168. The highest BCUT2D eigenvalue weighted by molar-refractivity contribution is 7.90. The molecule has 2 aliphatic heterocycles. The van der Waals surface area contributed by atoms with Crippen LogP contribution in [-0.4, -0.2) is 136 Å². The van der Waals surface area contributed by atoms with Gasteiger partial charge in [-0.3, -0.25) is 20.4 Å². The topological polar surface area (TPSA) is 270 Å². The summed E-state index contributed by atoms with van der Waals surface area (Å²) in [6.45, 7) is 3.69. The summed E-state index contributed by atoms with van der Waals surface area (Å²) in [5.41, 5.74) is 0.233. The number of benzene rings is 4. The largest absolute Gasteiger partial charge is 0.385 e. The second-order valence-corrected chi connectivity index (χ2v) is 34.2. The molecule has 18 nitrogen and oxygen atoms in total. The molecule has 3 spiro atoms. The number of sulfonamides is 2. The number of nitrogens with one attached hydrogen (secondary N) is 4. The Labute approximate surface area is 545 Å². The number of fused-ring (bicyclic) bond motifs is 4. The van der Waals surface area contributed by atoms with Gasteiger partial charge in [-0.1, -0.05) is 64.4 Å². The Morgan fingerprint density at radius 2 is 0.933 bits per heavy atom. The van der Waals surface area contributed by atoms with Gasteiger partial charge >= 0.3 is 0 Å². The summed E-state index contributed by atoms with van der Waals surface area (Å²) in [4.78, 5) is 0. The summed E-state index contributed by atoms with van der Waals surface area (Å²) in [6, 6.07) is 12.3. The maximum atomic E-state index is 15.1. The van der Waals surface area contributed by atoms with Crippen LogP contribution in [0.15, 0.2) is 67.3 Å². The van der Waals surface area contributed by atoms with Crippen molar-refractivity contribution >= 4 is 122 Å². The summed E-state index contributed by atoms with van der Waals surface area (Å²) >= 11 is 30.9. The molecule has 484 valence electrons. The number of piperidine rings is 2. The molecular weight excluding hydrogens is 1300 g/mol. The summed E-state index contributed by atoms with van der Waals surface area (Å²) in [6.07, 6.45) is 19.4. The number of alkyl halides is 2. The molecule has 4 aromatic heterocycles. The second kappa shape index (κ2) is 23.0. The number of aliphatic hydroxyl groups excluding tert-OH is 1. The Hall–Kier alpha value is -4.27. The highest BCUT2D eigenvalue weighted by atomic mass is 35.5. The zero-order valence-corrected chi connectivity index (χ0v) is 55.2. The number of halogens is 7. The van der Waals surface area contributed by atoms with Gasteiger partial charge in [-0.2, -0.15) is 20.4 Å². The molecule has 0 amide bonds. The number of hydrogen-bond acceptors (Lipinski definition) is 12. The van der Waals surface area contributed by atoms with Crippen LogP contribution >= 0.6 is 58.0 Å². The predicted octanol–water partition coefficient (Wildman–Crippen LogP) is 13.3. The number of H-pyrrole nitrogens is 4. The fourth-order valence-corrected chi connectivity index (χ4v) is 20.1. The van der Waals surface area contributed by atoms with E-state index in [4.69, 9.17) is 58.0 Å². The molecule has 6 aliphatic carbocycles. The summed E-state index contributed by atoms with van der Waals surface area (Å²) < 4.78 is 80.3. The first-order valence-corrected chi connectivity index (χ1v) is 36.0. The molecule has 1 unspecified atom stereocenters. The van der Waals surface area contributed by atoms with Gasteiger partial charge in [0.25, 0.3) is 0 Å². The van der Waals surface area contributed by atoms with Crippen LogP contribution in [0.4, 0.5) is 8.78 Å². The van der Waals surface area contributed by atoms with E-state index in [1.807, 2.05) is 18.2 Å². The van der Waals surface area contributed by atoms with E-state index in [9.17, 15) is 41.7 Å². The highest BCUT2D eigenvalue weighted by Gasteiger charge is 2.60. The Morgan fingerprint density at radius 1 is 0.533 bits per heavy atom. The normalized spacial score (nSPS) is 26.9. The number of nitrogens with zero attached hydrogens (tertiary/aromatic N) is 6. The first-order valence-electron chi connectivity index (χ1n) is 30.7. The van der Waals surface area contributed by atoms with Crippen molar-refractivity contribution < 1.29 is 46.0 Å². The molecule has 0 bridgehead atoms. The summed E-state index contributed by atoms with van der Waals surface area (Å²) in [5.74, 6) is 0. The first-order chi connectivity index (χ1) is 42.4. The summed E-state index contributed by atoms with van der Waals surface area (Å²) in [7, 11) is -6.22. The van der Waals surface area contributed by atoms with Crippen LogP contribution < -0.4 is 0 Å². The van der Waals surface area contributed by atoms with Crippen molar-refractivity contribution in [3.8, 4) is 0 Å². The third kappa shape index (κ3) is 12.0. The van der Waals surface area contributed by atoms with Gasteiger partial charge in [-0.15, -0.1) is 0 Å². The Morgan fingerprint density at radius 3 is 1.38 bits per heavy atom. The number of hydrogen-bond donors (Lipinski definition) is 8. The van der Waals surface area contributed by atoms with E-state index in [1.54, 1.807) is 47.3 Å². The second-order valence-electron chi connectivity index (χ2n) is 28.0. The smallest absolute Gasteiger partial charge is 0.216 e. The number of rotatable bonds is 8. The maximum absolute atomic E-state index is 15.1. The van der Waals surface area contributed by atoms with E-state index < -0.39 is 54.3 Å². The van der Waals surface area contributed by atoms with Gasteiger partial charge in [0.1, 0.15) is 17.4 Å². The quantitative estimate of drug-likeness (QED) is 0.0706. The Bertz CT molecular complexity index is 4270. The van der Waals surface area contributed by atoms with Crippen molar-refractivity contribution in [2.24, 2.45) is 16.2 Å². The fraction of sp³-hybridized carbons (Fsp3) is 0.556. The first kappa shape index (κ1) is 64.4. The molecule has 2 saturated heterocycles. The van der Waals surface area contributed by atoms with Gasteiger partial charge in [0.15, 0.2) is 0 Å². The van der Waals surface area contributed by atoms with Crippen molar-refractivity contribution in [1.29, 1.82) is 0 Å². The van der Waals surface area contributed by atoms with Gasteiger partial charge in [-0.25, -0.2) is 34.2 Å². The maximum Gasteiger partial charge on any atom is 0.216 e. The van der Waals surface area contributed by atoms with Crippen molar-refractivity contribution in [1.82, 2.24) is 49.4 Å². The minimum atomic E-state index is -3.13. The zero-order valence-electron chi connectivity index (χ0n) is 49.8. The summed E-state index contributed by atoms with van der Waals surface area (Å²) in [5, 5.41) is 77.2. The fourth-order valence-electron chi connectivity index (χ4n) is 16.2. The van der Waals surface area contributed by atoms with Crippen LogP contribution in [0.5, 0.6) is 0 Å². The highest BCUT2D eigenvalue weighted by Crippen LogP contribution is 2.66. The molecule has 16 rings (SSSR count). The predicted molar refractivity (Wildman–Crippen MR) is 345 cm³/mol. The van der Waals surface area contributed by atoms with Crippen LogP contribution in [0.25, 0.3) is 43.6 Å². The van der Waals surface area contributed by atoms with E-state index in [2.05, 4.69) is 40.8 Å². The van der Waals surface area contributed by atoms with Crippen molar-refractivity contribution in [2.75, 3.05) is 32.4 Å². The SMILES string of the molecule is CC1(F)CCC(F)(C(O)c2cc(Cl)cc3cn[nH]c23)CC1.CS(=O)(=O)N1CCC2(CC1)CC(O)(c1cc(Cl)cc3cn[nH]c13)C2.O=S(=O)(C1CC1)N1CCC2(CC1)CC(O)(c1cc(Cl)cc3cn[nH]c13)C2.OC1(c2c(Cl)c(Cl)cc3cn[nH]c23)CC2(CCC2)C1. The molecule has 90 heavy (non-hydrogen) atoms. The van der Waals surface area contributed by atoms with Gasteiger partial charge in [0.05, 0.1) is 85.2 Å². The molecule has 0 radical (unpaired) electrons. The lowest BCUT2D eigenvalue weighted by Crippen LogP contribution is -2.55. The average Bonchev–Trinajstić information content (AvgIpc) is 0.875. The molecule has 6 saturated carbocycles. The Balaban J connectivity index is 0.000000111. The lowest BCUT2D eigenvalue weighted by atomic mass is 9.48. The van der Waals surface area contributed by atoms with E-state index >= 15 is 4.39 Å². The van der Waals surface area contributed by atoms with Crippen LogP contribution in [0.3, 0.4) is 0 Å². The number of aromatic nitrogens is 8. The molecular formula is C63H73Cl5F2N10O8S2. The van der Waals surface area contributed by atoms with Crippen LogP contribution in [-0.2, 0) is 36.8 Å². The monoisotopic (exact) mass is 1370 g/mol. The molecule has 8 N–H and O–H groups in total. The van der Waals surface area contributed by atoms with E-state index in [0.29, 0.717) is 98.9 Å². The number of aromatic amines is 4. The van der Waals surface area contributed by atoms with E-state index in [-0.39, 0.29) is 41.8 Å². The van der Waals surface area contributed by atoms with Crippen LogP contribution in [0, 0.1) is 16.2 Å². The molecule has 8 fully saturated rings. The molecule has 27 heteroatoms. The van der Waals surface area contributed by atoms with Crippen molar-refractivity contribution in [3.63, 3.8) is 0 Å². The Kier molecular flexibility index (Phi) is 16.5. The molecule has 1 atom stereocenters. The third-order valence-corrected chi connectivity index (χ3v) is 26.5. The van der Waals surface area contributed by atoms with Gasteiger partial charge in [-0.05, 0) is 181 Å². The molecule has 4 aromatic carbocycles. The van der Waals surface area contributed by atoms with E-state index in [1.165, 1.54) is 42.8 Å². The van der Waals surface area contributed by atoms with Crippen LogP contribution in [0.2, 0.25) is 25.1 Å². The zero-order chi connectivity index (χ0) is 63.8. The minimum absolute atomic E-state index is 0.0106. The number of aliphatic hydroxyl groups is 4. The molecule has 8 aliphatic rings. The van der Waals surface area contributed by atoms with Gasteiger partial charge in [0.2, 0.25) is 20.0 Å². The molecule has 6 heterocycles. The van der Waals surface area contributed by atoms with Crippen LogP contribution in [0.1, 0.15) is 157 Å². The van der Waals surface area contributed by atoms with Gasteiger partial charge in [0, 0.05) is 85.0 Å². The van der Waals surface area contributed by atoms with E-state index in [0.717, 1.165) is 101 Å². The van der Waals surface area contributed by atoms with Crippen molar-refractivity contribution in [3.05, 3.63) is 115 Å². The third-order valence-electron chi connectivity index (χ3n) is 21.3.